The smallest absolute Gasteiger partial charge is 0.253 e. The van der Waals surface area contributed by atoms with E-state index < -0.39 is 0 Å². The van der Waals surface area contributed by atoms with Gasteiger partial charge in [-0.05, 0) is 57.0 Å². The number of rotatable bonds is 4. The lowest BCUT2D eigenvalue weighted by Crippen LogP contribution is -2.39. The van der Waals surface area contributed by atoms with Crippen LogP contribution in [0.1, 0.15) is 30.1 Å². The third-order valence-electron chi connectivity index (χ3n) is 3.68. The van der Waals surface area contributed by atoms with E-state index in [1.165, 1.54) is 0 Å². The van der Waals surface area contributed by atoms with Crippen LogP contribution in [0.4, 0.5) is 0 Å². The first-order chi connectivity index (χ1) is 9.20. The first-order valence-corrected chi connectivity index (χ1v) is 7.34. The summed E-state index contributed by atoms with van der Waals surface area (Å²) in [6.45, 7) is 5.75. The summed E-state index contributed by atoms with van der Waals surface area (Å²) < 4.78 is 0. The Morgan fingerprint density at radius 3 is 2.79 bits per heavy atom. The van der Waals surface area contributed by atoms with Gasteiger partial charge in [-0.15, -0.1) is 0 Å². The minimum Gasteiger partial charge on any atom is -0.339 e. The molecule has 0 atom stereocenters. The van der Waals surface area contributed by atoms with E-state index in [9.17, 15) is 4.79 Å². The quantitative estimate of drug-likeness (QED) is 0.920. The monoisotopic (exact) mass is 280 g/mol. The van der Waals surface area contributed by atoms with Crippen molar-refractivity contribution in [3.63, 3.8) is 0 Å². The Morgan fingerprint density at radius 2 is 2.16 bits per heavy atom. The average molecular weight is 281 g/mol. The molecule has 0 bridgehead atoms. The summed E-state index contributed by atoms with van der Waals surface area (Å²) in [5, 5.41) is 3.97. The minimum atomic E-state index is 0.0866. The fraction of sp³-hybridized carbons (Fsp3) is 0.533. The highest BCUT2D eigenvalue weighted by atomic mass is 35.5. The van der Waals surface area contributed by atoms with Crippen molar-refractivity contribution in [3.05, 3.63) is 34.9 Å². The SMILES string of the molecule is CCN(CC1CCNCC1)C(=O)c1cccc(Cl)c1. The van der Waals surface area contributed by atoms with Gasteiger partial charge in [0.2, 0.25) is 0 Å². The molecule has 1 aromatic rings. The number of hydrogen-bond donors (Lipinski definition) is 1. The molecular formula is C15H21ClN2O. The van der Waals surface area contributed by atoms with Crippen LogP contribution < -0.4 is 5.32 Å². The van der Waals surface area contributed by atoms with Gasteiger partial charge in [0.05, 0.1) is 0 Å². The number of nitrogens with one attached hydrogen (secondary N) is 1. The van der Waals surface area contributed by atoms with Gasteiger partial charge in [-0.1, -0.05) is 17.7 Å². The molecule has 1 fully saturated rings. The Balaban J connectivity index is 2.02. The van der Waals surface area contributed by atoms with Gasteiger partial charge < -0.3 is 10.2 Å². The van der Waals surface area contributed by atoms with Crippen LogP contribution in [0.25, 0.3) is 0 Å². The van der Waals surface area contributed by atoms with Crippen molar-refractivity contribution >= 4 is 17.5 Å². The highest BCUT2D eigenvalue weighted by Gasteiger charge is 2.20. The Bertz CT molecular complexity index is 430. The standard InChI is InChI=1S/C15H21ClN2O/c1-2-18(11-12-6-8-17-9-7-12)15(19)13-4-3-5-14(16)10-13/h3-5,10,12,17H,2,6-9,11H2,1H3. The van der Waals surface area contributed by atoms with Gasteiger partial charge in [0.1, 0.15) is 0 Å². The lowest BCUT2D eigenvalue weighted by atomic mass is 9.97. The van der Waals surface area contributed by atoms with Crippen molar-refractivity contribution in [1.29, 1.82) is 0 Å². The summed E-state index contributed by atoms with van der Waals surface area (Å²) in [5.41, 5.74) is 0.684. The zero-order valence-electron chi connectivity index (χ0n) is 11.4. The van der Waals surface area contributed by atoms with Gasteiger partial charge in [-0.2, -0.15) is 0 Å². The highest BCUT2D eigenvalue weighted by Crippen LogP contribution is 2.17. The summed E-state index contributed by atoms with van der Waals surface area (Å²) >= 11 is 5.95. The number of piperidine rings is 1. The molecule has 1 saturated heterocycles. The number of hydrogen-bond acceptors (Lipinski definition) is 2. The van der Waals surface area contributed by atoms with Crippen LogP contribution >= 0.6 is 11.6 Å². The molecule has 4 heteroatoms. The van der Waals surface area contributed by atoms with Gasteiger partial charge in [0, 0.05) is 23.7 Å². The number of halogens is 1. The van der Waals surface area contributed by atoms with Gasteiger partial charge in [-0.3, -0.25) is 4.79 Å². The molecular weight excluding hydrogens is 260 g/mol. The van der Waals surface area contributed by atoms with Crippen LogP contribution in [-0.2, 0) is 0 Å². The lowest BCUT2D eigenvalue weighted by molar-refractivity contribution is 0.0727. The molecule has 19 heavy (non-hydrogen) atoms. The summed E-state index contributed by atoms with van der Waals surface area (Å²) in [5.74, 6) is 0.702. The molecule has 0 aromatic heterocycles. The van der Waals surface area contributed by atoms with E-state index in [-0.39, 0.29) is 5.91 Å². The van der Waals surface area contributed by atoms with Gasteiger partial charge in [0.15, 0.2) is 0 Å². The molecule has 1 heterocycles. The van der Waals surface area contributed by atoms with E-state index in [1.54, 1.807) is 12.1 Å². The van der Waals surface area contributed by atoms with Crippen LogP contribution in [-0.4, -0.2) is 37.0 Å². The molecule has 3 nitrogen and oxygen atoms in total. The van der Waals surface area contributed by atoms with E-state index in [0.29, 0.717) is 16.5 Å². The van der Waals surface area contributed by atoms with Crippen molar-refractivity contribution in [2.45, 2.75) is 19.8 Å². The fourth-order valence-electron chi connectivity index (χ4n) is 2.54. The molecule has 1 aliphatic heterocycles. The molecule has 0 saturated carbocycles. The van der Waals surface area contributed by atoms with E-state index in [1.807, 2.05) is 24.0 Å². The summed E-state index contributed by atoms with van der Waals surface area (Å²) in [7, 11) is 0. The van der Waals surface area contributed by atoms with Crippen molar-refractivity contribution in [2.24, 2.45) is 5.92 Å². The van der Waals surface area contributed by atoms with E-state index >= 15 is 0 Å². The van der Waals surface area contributed by atoms with Gasteiger partial charge in [0.25, 0.3) is 5.91 Å². The highest BCUT2D eigenvalue weighted by molar-refractivity contribution is 6.30. The molecule has 1 aliphatic rings. The predicted octanol–water partition coefficient (Wildman–Crippen LogP) is 2.80. The van der Waals surface area contributed by atoms with E-state index in [2.05, 4.69) is 5.32 Å². The molecule has 1 N–H and O–H groups in total. The molecule has 0 radical (unpaired) electrons. The van der Waals surface area contributed by atoms with E-state index in [0.717, 1.165) is 39.0 Å². The summed E-state index contributed by atoms with van der Waals surface area (Å²) in [6, 6.07) is 7.20. The van der Waals surface area contributed by atoms with Crippen molar-refractivity contribution < 1.29 is 4.79 Å². The van der Waals surface area contributed by atoms with Gasteiger partial charge in [-0.25, -0.2) is 0 Å². The maximum Gasteiger partial charge on any atom is 0.253 e. The molecule has 1 amide bonds. The molecule has 0 aliphatic carbocycles. The van der Waals surface area contributed by atoms with Crippen molar-refractivity contribution in [2.75, 3.05) is 26.2 Å². The minimum absolute atomic E-state index is 0.0866. The van der Waals surface area contributed by atoms with Crippen LogP contribution in [0.2, 0.25) is 5.02 Å². The van der Waals surface area contributed by atoms with Crippen molar-refractivity contribution in [1.82, 2.24) is 10.2 Å². The van der Waals surface area contributed by atoms with Crippen LogP contribution in [0.15, 0.2) is 24.3 Å². The van der Waals surface area contributed by atoms with Crippen LogP contribution in [0.5, 0.6) is 0 Å². The average Bonchev–Trinajstić information content (AvgIpc) is 2.45. The molecule has 1 aromatic carbocycles. The normalized spacial score (nSPS) is 16.3. The zero-order valence-corrected chi connectivity index (χ0v) is 12.1. The maximum atomic E-state index is 12.5. The second kappa shape index (κ2) is 6.92. The Labute approximate surface area is 119 Å². The number of carbonyl (C=O) groups is 1. The van der Waals surface area contributed by atoms with Gasteiger partial charge >= 0.3 is 0 Å². The molecule has 0 spiro atoms. The molecule has 2 rings (SSSR count). The second-order valence-electron chi connectivity index (χ2n) is 5.05. The number of nitrogens with zero attached hydrogens (tertiary/aromatic N) is 1. The number of carbonyl (C=O) groups excluding carboxylic acids is 1. The predicted molar refractivity (Wildman–Crippen MR) is 78.6 cm³/mol. The maximum absolute atomic E-state index is 12.5. The largest absolute Gasteiger partial charge is 0.339 e. The zero-order chi connectivity index (χ0) is 13.7. The summed E-state index contributed by atoms with van der Waals surface area (Å²) in [6.07, 6.45) is 2.30. The number of amides is 1. The molecule has 0 unspecified atom stereocenters. The first-order valence-electron chi connectivity index (χ1n) is 6.96. The van der Waals surface area contributed by atoms with Crippen LogP contribution in [0, 0.1) is 5.92 Å². The molecule has 104 valence electrons. The lowest BCUT2D eigenvalue weighted by Gasteiger charge is -2.29. The first kappa shape index (κ1) is 14.4. The Kier molecular flexibility index (Phi) is 5.23. The summed E-state index contributed by atoms with van der Waals surface area (Å²) in [4.78, 5) is 14.4. The third-order valence-corrected chi connectivity index (χ3v) is 3.91. The second-order valence-corrected chi connectivity index (χ2v) is 5.48. The fourth-order valence-corrected chi connectivity index (χ4v) is 2.73. The number of benzene rings is 1. The Hall–Kier alpha value is -1.06. The Morgan fingerprint density at radius 1 is 1.42 bits per heavy atom. The third kappa shape index (κ3) is 3.95. The topological polar surface area (TPSA) is 32.3 Å². The van der Waals surface area contributed by atoms with Crippen molar-refractivity contribution in [3.8, 4) is 0 Å². The van der Waals surface area contributed by atoms with E-state index in [4.69, 9.17) is 11.6 Å². The van der Waals surface area contributed by atoms with Crippen LogP contribution in [0.3, 0.4) is 0 Å².